The van der Waals surface area contributed by atoms with Gasteiger partial charge in [-0.25, -0.2) is 0 Å². The highest BCUT2D eigenvalue weighted by Gasteiger charge is 2.27. The van der Waals surface area contributed by atoms with Crippen molar-refractivity contribution >= 4 is 17.8 Å². The van der Waals surface area contributed by atoms with Crippen LogP contribution in [0, 0.1) is 10.8 Å². The fourth-order valence-electron chi connectivity index (χ4n) is 2.22. The fourth-order valence-corrected chi connectivity index (χ4v) is 2.22. The van der Waals surface area contributed by atoms with Gasteiger partial charge in [-0.05, 0) is 42.9 Å². The molecule has 1 aromatic carbocycles. The molecule has 0 heterocycles. The summed E-state index contributed by atoms with van der Waals surface area (Å²) in [5.41, 5.74) is 4.25. The number of hydrogen-bond donors (Lipinski definition) is 3. The minimum atomic E-state index is 0.0960. The van der Waals surface area contributed by atoms with Crippen LogP contribution < -0.4 is 5.32 Å². The maximum absolute atomic E-state index is 7.77. The monoisotopic (exact) mass is 271 g/mol. The van der Waals surface area contributed by atoms with Crippen LogP contribution in [0.3, 0.4) is 0 Å². The lowest BCUT2D eigenvalue weighted by atomic mass is 10.0. The molecule has 0 aliphatic heterocycles. The molecule has 20 heavy (non-hydrogen) atoms. The summed E-state index contributed by atoms with van der Waals surface area (Å²) in [7, 11) is 1.90. The summed E-state index contributed by atoms with van der Waals surface area (Å²) in [6.45, 7) is 2.17. The number of nitrogens with one attached hydrogen (secondary N) is 3. The lowest BCUT2D eigenvalue weighted by Crippen LogP contribution is -2.06. The Balaban J connectivity index is 2.12. The molecule has 0 aromatic heterocycles. The van der Waals surface area contributed by atoms with Crippen LogP contribution in [-0.2, 0) is 11.3 Å². The van der Waals surface area contributed by atoms with Gasteiger partial charge in [0.25, 0.3) is 0 Å². The largest absolute Gasteiger partial charge is 0.473 e. The van der Waals surface area contributed by atoms with E-state index < -0.39 is 0 Å². The zero-order valence-electron chi connectivity index (χ0n) is 12.0. The lowest BCUT2D eigenvalue weighted by molar-refractivity contribution is 0.292. The topological polar surface area (TPSA) is 69.0 Å². The van der Waals surface area contributed by atoms with Crippen molar-refractivity contribution in [1.82, 2.24) is 0 Å². The van der Waals surface area contributed by atoms with Gasteiger partial charge in [-0.1, -0.05) is 12.1 Å². The third-order valence-corrected chi connectivity index (χ3v) is 3.46. The molecule has 0 radical (unpaired) electrons. The summed E-state index contributed by atoms with van der Waals surface area (Å²) in [5, 5.41) is 18.1. The van der Waals surface area contributed by atoms with Gasteiger partial charge in [-0.3, -0.25) is 5.41 Å². The number of ether oxygens (including phenoxy) is 1. The van der Waals surface area contributed by atoms with E-state index in [1.165, 1.54) is 24.6 Å². The average Bonchev–Trinajstić information content (AvgIpc) is 3.29. The summed E-state index contributed by atoms with van der Waals surface area (Å²) < 4.78 is 5.53. The molecule has 2 rings (SSSR count). The highest BCUT2D eigenvalue weighted by Crippen LogP contribution is 2.43. The lowest BCUT2D eigenvalue weighted by Gasteiger charge is -2.15. The molecular formula is C16H21N3O. The SMILES string of the molecule is CNc1cccc(C2CC2)c1COC(=N)/C=C(/C)C=N. The summed E-state index contributed by atoms with van der Waals surface area (Å²) in [6.07, 6.45) is 5.26. The smallest absolute Gasteiger partial charge is 0.206 e. The van der Waals surface area contributed by atoms with Gasteiger partial charge in [0.15, 0.2) is 0 Å². The van der Waals surface area contributed by atoms with Crippen molar-refractivity contribution in [2.45, 2.75) is 32.3 Å². The molecule has 0 saturated heterocycles. The van der Waals surface area contributed by atoms with Crippen molar-refractivity contribution in [3.05, 3.63) is 41.0 Å². The van der Waals surface area contributed by atoms with Gasteiger partial charge < -0.3 is 15.5 Å². The van der Waals surface area contributed by atoms with Gasteiger partial charge in [-0.2, -0.15) is 0 Å². The van der Waals surface area contributed by atoms with E-state index in [-0.39, 0.29) is 5.90 Å². The molecule has 0 bridgehead atoms. The molecule has 4 nitrogen and oxygen atoms in total. The van der Waals surface area contributed by atoms with Crippen LogP contribution in [-0.4, -0.2) is 19.2 Å². The molecular weight excluding hydrogens is 250 g/mol. The first-order valence-corrected chi connectivity index (χ1v) is 6.85. The predicted molar refractivity (Wildman–Crippen MR) is 83.0 cm³/mol. The van der Waals surface area contributed by atoms with Crippen LogP contribution >= 0.6 is 0 Å². The third kappa shape index (κ3) is 3.47. The molecule has 0 amide bonds. The van der Waals surface area contributed by atoms with Crippen molar-refractivity contribution in [2.24, 2.45) is 0 Å². The van der Waals surface area contributed by atoms with Crippen molar-refractivity contribution in [3.63, 3.8) is 0 Å². The molecule has 3 N–H and O–H groups in total. The van der Waals surface area contributed by atoms with E-state index in [4.69, 9.17) is 15.6 Å². The van der Waals surface area contributed by atoms with Crippen molar-refractivity contribution in [1.29, 1.82) is 10.8 Å². The van der Waals surface area contributed by atoms with E-state index in [0.29, 0.717) is 18.1 Å². The van der Waals surface area contributed by atoms with Gasteiger partial charge >= 0.3 is 0 Å². The van der Waals surface area contributed by atoms with Crippen molar-refractivity contribution < 1.29 is 4.74 Å². The molecule has 1 saturated carbocycles. The molecule has 1 aliphatic carbocycles. The Bertz CT molecular complexity index is 545. The quantitative estimate of drug-likeness (QED) is 0.545. The highest BCUT2D eigenvalue weighted by atomic mass is 16.5. The predicted octanol–water partition coefficient (Wildman–Crippen LogP) is 3.70. The van der Waals surface area contributed by atoms with Crippen LogP contribution in [0.15, 0.2) is 29.8 Å². The summed E-state index contributed by atoms with van der Waals surface area (Å²) >= 11 is 0. The molecule has 0 atom stereocenters. The molecule has 1 aromatic rings. The van der Waals surface area contributed by atoms with Gasteiger partial charge in [0.05, 0.1) is 0 Å². The van der Waals surface area contributed by atoms with Crippen molar-refractivity contribution in [3.8, 4) is 0 Å². The Kier molecular flexibility index (Phi) is 4.56. The molecule has 0 spiro atoms. The average molecular weight is 271 g/mol. The minimum Gasteiger partial charge on any atom is -0.473 e. The van der Waals surface area contributed by atoms with Gasteiger partial charge in [0.2, 0.25) is 5.90 Å². The summed E-state index contributed by atoms with van der Waals surface area (Å²) in [5.74, 6) is 0.744. The first kappa shape index (κ1) is 14.3. The molecule has 0 unspecified atom stereocenters. The standard InChI is InChI=1S/C16H21N3O/c1-11(9-17)8-16(18)20-10-14-13(12-6-7-12)4-3-5-15(14)19-2/h3-5,8-9,12,17-19H,6-7,10H2,1-2H3/b11-8-,17-9?,18-16?. The third-order valence-electron chi connectivity index (χ3n) is 3.46. The molecule has 1 fully saturated rings. The number of allylic oxidation sites excluding steroid dienone is 1. The second-order valence-corrected chi connectivity index (χ2v) is 5.08. The van der Waals surface area contributed by atoms with Gasteiger partial charge in [-0.15, -0.1) is 0 Å². The molecule has 4 heteroatoms. The zero-order valence-corrected chi connectivity index (χ0v) is 12.0. The number of rotatable bonds is 6. The minimum absolute atomic E-state index is 0.0960. The number of anilines is 1. The Labute approximate surface area is 119 Å². The van der Waals surface area contributed by atoms with E-state index in [1.807, 2.05) is 13.1 Å². The summed E-state index contributed by atoms with van der Waals surface area (Å²) in [6, 6.07) is 6.25. The Hall–Kier alpha value is -2.10. The second kappa shape index (κ2) is 6.37. The van der Waals surface area contributed by atoms with Crippen LogP contribution in [0.2, 0.25) is 0 Å². The maximum atomic E-state index is 7.77. The summed E-state index contributed by atoms with van der Waals surface area (Å²) in [4.78, 5) is 0. The van der Waals surface area contributed by atoms with Crippen LogP contribution in [0.1, 0.15) is 36.8 Å². The van der Waals surface area contributed by atoms with E-state index in [0.717, 1.165) is 11.3 Å². The fraction of sp³-hybridized carbons (Fsp3) is 0.375. The van der Waals surface area contributed by atoms with E-state index in [9.17, 15) is 0 Å². The Morgan fingerprint density at radius 3 is 2.80 bits per heavy atom. The Morgan fingerprint density at radius 1 is 1.45 bits per heavy atom. The van der Waals surface area contributed by atoms with Crippen LogP contribution in [0.25, 0.3) is 0 Å². The number of hydrogen-bond acceptors (Lipinski definition) is 4. The Morgan fingerprint density at radius 2 is 2.20 bits per heavy atom. The molecule has 1 aliphatic rings. The van der Waals surface area contributed by atoms with Gasteiger partial charge in [0.1, 0.15) is 6.61 Å². The number of benzene rings is 1. The van der Waals surface area contributed by atoms with Crippen LogP contribution in [0.4, 0.5) is 5.69 Å². The highest BCUT2D eigenvalue weighted by molar-refractivity contribution is 5.91. The van der Waals surface area contributed by atoms with E-state index in [2.05, 4.69) is 17.4 Å². The molecule has 106 valence electrons. The first-order chi connectivity index (χ1) is 9.65. The first-order valence-electron chi connectivity index (χ1n) is 6.85. The van der Waals surface area contributed by atoms with E-state index in [1.54, 1.807) is 13.0 Å². The zero-order chi connectivity index (χ0) is 14.5. The van der Waals surface area contributed by atoms with E-state index >= 15 is 0 Å². The normalized spacial score (nSPS) is 14.8. The van der Waals surface area contributed by atoms with Crippen molar-refractivity contribution in [2.75, 3.05) is 12.4 Å². The second-order valence-electron chi connectivity index (χ2n) is 5.08. The maximum Gasteiger partial charge on any atom is 0.206 e. The van der Waals surface area contributed by atoms with Gasteiger partial charge in [0, 0.05) is 30.6 Å². The van der Waals surface area contributed by atoms with Crippen LogP contribution in [0.5, 0.6) is 0 Å².